The first kappa shape index (κ1) is 18.6. The van der Waals surface area contributed by atoms with E-state index in [2.05, 4.69) is 39.9 Å². The Labute approximate surface area is 162 Å². The fourth-order valence-corrected chi connectivity index (χ4v) is 5.15. The van der Waals surface area contributed by atoms with E-state index in [1.165, 1.54) is 50.5 Å². The molecule has 1 aromatic rings. The molecule has 2 N–H and O–H groups in total. The average molecular weight is 372 g/mol. The summed E-state index contributed by atoms with van der Waals surface area (Å²) in [6.07, 6.45) is 10.7. The summed E-state index contributed by atoms with van der Waals surface area (Å²) in [6, 6.07) is 9.06. The van der Waals surface area contributed by atoms with Gasteiger partial charge in [0.2, 0.25) is 0 Å². The number of methoxy groups -OCH3 is 1. The summed E-state index contributed by atoms with van der Waals surface area (Å²) in [5.41, 5.74) is 1.59. The van der Waals surface area contributed by atoms with Gasteiger partial charge in [0.05, 0.1) is 25.4 Å². The number of aliphatic imine (C=N–C) groups is 1. The van der Waals surface area contributed by atoms with Gasteiger partial charge in [0.25, 0.3) is 0 Å². The molecule has 0 spiro atoms. The summed E-state index contributed by atoms with van der Waals surface area (Å²) < 4.78 is 11.3. The summed E-state index contributed by atoms with van der Waals surface area (Å²) in [7, 11) is 3.59. The van der Waals surface area contributed by atoms with Crippen molar-refractivity contribution in [2.75, 3.05) is 20.7 Å². The second-order valence-electron chi connectivity index (χ2n) is 8.36. The third-order valence-electron chi connectivity index (χ3n) is 6.76. The predicted octanol–water partition coefficient (Wildman–Crippen LogP) is 3.38. The van der Waals surface area contributed by atoms with Crippen molar-refractivity contribution in [1.82, 2.24) is 10.6 Å². The number of nitrogens with zero attached hydrogens (tertiary/aromatic N) is 1. The molecule has 1 aliphatic carbocycles. The minimum atomic E-state index is 0.174. The lowest BCUT2D eigenvalue weighted by Gasteiger charge is -2.39. The Kier molecular flexibility index (Phi) is 5.58. The summed E-state index contributed by atoms with van der Waals surface area (Å²) in [5.74, 6) is 1.83. The van der Waals surface area contributed by atoms with E-state index < -0.39 is 0 Å². The maximum Gasteiger partial charge on any atom is 0.191 e. The average Bonchev–Trinajstić information content (AvgIpc) is 3.35. The van der Waals surface area contributed by atoms with E-state index in [1.807, 2.05) is 7.05 Å². The molecule has 5 nitrogen and oxygen atoms in total. The molecule has 27 heavy (non-hydrogen) atoms. The summed E-state index contributed by atoms with van der Waals surface area (Å²) in [4.78, 5) is 4.49. The molecule has 3 aliphatic rings. The SMILES string of the molecule is CN=C(NCC1(c2ccc(OC)cc2)CCCCC1)NC1CC2CCC1O2. The zero-order valence-corrected chi connectivity index (χ0v) is 16.7. The number of benzene rings is 1. The maximum atomic E-state index is 5.98. The fraction of sp³-hybridized carbons (Fsp3) is 0.682. The van der Waals surface area contributed by atoms with Gasteiger partial charge in [-0.25, -0.2) is 0 Å². The highest BCUT2D eigenvalue weighted by molar-refractivity contribution is 5.80. The largest absolute Gasteiger partial charge is 0.497 e. The molecular weight excluding hydrogens is 338 g/mol. The molecule has 2 aliphatic heterocycles. The van der Waals surface area contributed by atoms with Gasteiger partial charge in [0.1, 0.15) is 5.75 Å². The molecule has 1 saturated carbocycles. The number of rotatable bonds is 5. The lowest BCUT2D eigenvalue weighted by atomic mass is 9.69. The van der Waals surface area contributed by atoms with Crippen LogP contribution in [-0.4, -0.2) is 44.9 Å². The van der Waals surface area contributed by atoms with Gasteiger partial charge >= 0.3 is 0 Å². The highest BCUT2D eigenvalue weighted by atomic mass is 16.5. The smallest absolute Gasteiger partial charge is 0.191 e. The molecule has 0 radical (unpaired) electrons. The molecule has 2 saturated heterocycles. The molecule has 0 amide bonds. The molecule has 1 aromatic carbocycles. The quantitative estimate of drug-likeness (QED) is 0.615. The van der Waals surface area contributed by atoms with Gasteiger partial charge in [-0.3, -0.25) is 4.99 Å². The molecule has 3 fully saturated rings. The summed E-state index contributed by atoms with van der Waals surface area (Å²) in [5, 5.41) is 7.26. The third-order valence-corrected chi connectivity index (χ3v) is 6.76. The van der Waals surface area contributed by atoms with Gasteiger partial charge in [-0.2, -0.15) is 0 Å². The fourth-order valence-electron chi connectivity index (χ4n) is 5.15. The first-order chi connectivity index (χ1) is 13.2. The van der Waals surface area contributed by atoms with Crippen LogP contribution in [0.1, 0.15) is 56.9 Å². The van der Waals surface area contributed by atoms with Crippen LogP contribution >= 0.6 is 0 Å². The van der Waals surface area contributed by atoms with Gasteiger partial charge in [0, 0.05) is 19.0 Å². The number of guanidine groups is 1. The number of nitrogens with one attached hydrogen (secondary N) is 2. The van der Waals surface area contributed by atoms with E-state index in [9.17, 15) is 0 Å². The Hall–Kier alpha value is -1.75. The Morgan fingerprint density at radius 1 is 1.19 bits per heavy atom. The van der Waals surface area contributed by atoms with Crippen molar-refractivity contribution >= 4 is 5.96 Å². The first-order valence-corrected chi connectivity index (χ1v) is 10.5. The number of hydrogen-bond acceptors (Lipinski definition) is 3. The number of ether oxygens (including phenoxy) is 2. The van der Waals surface area contributed by atoms with Crippen LogP contribution in [0, 0.1) is 0 Å². The highest BCUT2D eigenvalue weighted by Gasteiger charge is 2.41. The standard InChI is InChI=1S/C22H33N3O2/c1-23-21(25-19-14-18-10-11-20(19)27-18)24-15-22(12-4-3-5-13-22)16-6-8-17(26-2)9-7-16/h6-9,18-20H,3-5,10-15H2,1-2H3,(H2,23,24,25). The first-order valence-electron chi connectivity index (χ1n) is 10.5. The maximum absolute atomic E-state index is 5.98. The molecule has 3 atom stereocenters. The van der Waals surface area contributed by atoms with E-state index in [-0.39, 0.29) is 5.41 Å². The Balaban J connectivity index is 1.43. The van der Waals surface area contributed by atoms with Crippen LogP contribution in [0.4, 0.5) is 0 Å². The van der Waals surface area contributed by atoms with Crippen molar-refractivity contribution in [2.24, 2.45) is 4.99 Å². The van der Waals surface area contributed by atoms with Crippen LogP contribution in [0.25, 0.3) is 0 Å². The molecular formula is C22H33N3O2. The number of hydrogen-bond donors (Lipinski definition) is 2. The Morgan fingerprint density at radius 3 is 2.56 bits per heavy atom. The van der Waals surface area contributed by atoms with Crippen LogP contribution in [0.3, 0.4) is 0 Å². The van der Waals surface area contributed by atoms with Crippen LogP contribution in [0.2, 0.25) is 0 Å². The zero-order valence-electron chi connectivity index (χ0n) is 16.7. The summed E-state index contributed by atoms with van der Waals surface area (Å²) >= 11 is 0. The van der Waals surface area contributed by atoms with Gasteiger partial charge in [-0.15, -0.1) is 0 Å². The van der Waals surface area contributed by atoms with Gasteiger partial charge < -0.3 is 20.1 Å². The topological polar surface area (TPSA) is 54.9 Å². The van der Waals surface area contributed by atoms with Crippen LogP contribution in [0.15, 0.2) is 29.3 Å². The van der Waals surface area contributed by atoms with E-state index in [0.29, 0.717) is 18.2 Å². The third kappa shape index (κ3) is 3.93. The van der Waals surface area contributed by atoms with Crippen molar-refractivity contribution in [3.8, 4) is 5.75 Å². The van der Waals surface area contributed by atoms with Gasteiger partial charge in [-0.05, 0) is 49.8 Å². The predicted molar refractivity (Wildman–Crippen MR) is 109 cm³/mol. The molecule has 0 aromatic heterocycles. The van der Waals surface area contributed by atoms with Gasteiger partial charge in [0.15, 0.2) is 5.96 Å². The van der Waals surface area contributed by atoms with Crippen LogP contribution in [-0.2, 0) is 10.2 Å². The minimum absolute atomic E-state index is 0.174. The van der Waals surface area contributed by atoms with E-state index in [4.69, 9.17) is 9.47 Å². The van der Waals surface area contributed by atoms with Crippen molar-refractivity contribution in [1.29, 1.82) is 0 Å². The van der Waals surface area contributed by atoms with Crippen molar-refractivity contribution in [3.63, 3.8) is 0 Å². The van der Waals surface area contributed by atoms with E-state index in [0.717, 1.165) is 24.7 Å². The molecule has 4 rings (SSSR count). The molecule has 5 heteroatoms. The van der Waals surface area contributed by atoms with Crippen molar-refractivity contribution in [3.05, 3.63) is 29.8 Å². The van der Waals surface area contributed by atoms with E-state index in [1.54, 1.807) is 7.11 Å². The molecule has 148 valence electrons. The van der Waals surface area contributed by atoms with E-state index >= 15 is 0 Å². The monoisotopic (exact) mass is 371 g/mol. The zero-order chi connectivity index (χ0) is 18.7. The molecule has 3 unspecified atom stereocenters. The Bertz CT molecular complexity index is 652. The second-order valence-corrected chi connectivity index (χ2v) is 8.36. The minimum Gasteiger partial charge on any atom is -0.497 e. The Morgan fingerprint density at radius 2 is 1.96 bits per heavy atom. The summed E-state index contributed by atoms with van der Waals surface area (Å²) in [6.45, 7) is 0.917. The lowest BCUT2D eigenvalue weighted by molar-refractivity contribution is 0.0992. The van der Waals surface area contributed by atoms with Crippen molar-refractivity contribution < 1.29 is 9.47 Å². The molecule has 2 heterocycles. The van der Waals surface area contributed by atoms with Crippen molar-refractivity contribution in [2.45, 2.75) is 75.0 Å². The molecule has 2 bridgehead atoms. The second kappa shape index (κ2) is 8.09. The number of fused-ring (bicyclic) bond motifs is 2. The van der Waals surface area contributed by atoms with Crippen LogP contribution in [0.5, 0.6) is 5.75 Å². The van der Waals surface area contributed by atoms with Gasteiger partial charge in [-0.1, -0.05) is 31.4 Å². The normalized spacial score (nSPS) is 29.6. The lowest BCUT2D eigenvalue weighted by Crippen LogP contribution is -2.51. The highest BCUT2D eigenvalue weighted by Crippen LogP contribution is 2.39. The van der Waals surface area contributed by atoms with Crippen LogP contribution < -0.4 is 15.4 Å².